The Morgan fingerprint density at radius 2 is 1.71 bits per heavy atom. The number of carboxylic acid groups (broad SMARTS) is 1. The Balaban J connectivity index is 1.59. The average Bonchev–Trinajstić information content (AvgIpc) is 2.99. The standard InChI is InChI=1S/C33H38N4O5/c1-33(2)18-27-24(26-8-5-17-35-30(26)42-3)6-4-7-25(27)28(29(38)36-23-15-13-22(14-16-23)32(40)41)37(33)31(39)21-11-9-20(19-34)10-12-21/h4-8,13-17,20-21,28H,9-12,18-19,34H2,1-3H3,(H,36,38)(H,40,41). The first-order valence-corrected chi connectivity index (χ1v) is 14.4. The molecule has 1 aliphatic carbocycles. The van der Waals surface area contributed by atoms with Gasteiger partial charge < -0.3 is 25.8 Å². The van der Waals surface area contributed by atoms with E-state index >= 15 is 0 Å². The highest BCUT2D eigenvalue weighted by molar-refractivity contribution is 6.00. The summed E-state index contributed by atoms with van der Waals surface area (Å²) in [7, 11) is 1.58. The molecule has 1 fully saturated rings. The Kier molecular flexibility index (Phi) is 8.31. The van der Waals surface area contributed by atoms with Crippen LogP contribution < -0.4 is 15.8 Å². The van der Waals surface area contributed by atoms with Crippen molar-refractivity contribution < 1.29 is 24.2 Å². The smallest absolute Gasteiger partial charge is 0.335 e. The third-order valence-electron chi connectivity index (χ3n) is 8.70. The van der Waals surface area contributed by atoms with Crippen molar-refractivity contribution in [2.75, 3.05) is 19.0 Å². The van der Waals surface area contributed by atoms with Crippen LogP contribution in [0.1, 0.15) is 67.1 Å². The molecule has 0 saturated heterocycles. The number of hydrogen-bond donors (Lipinski definition) is 3. The fourth-order valence-electron chi connectivity index (χ4n) is 6.51. The Morgan fingerprint density at radius 3 is 2.36 bits per heavy atom. The predicted molar refractivity (Wildman–Crippen MR) is 160 cm³/mol. The summed E-state index contributed by atoms with van der Waals surface area (Å²) in [4.78, 5) is 46.1. The average molecular weight is 571 g/mol. The van der Waals surface area contributed by atoms with Crippen LogP contribution in [0.2, 0.25) is 0 Å². The topological polar surface area (TPSA) is 135 Å². The molecule has 0 spiro atoms. The zero-order chi connectivity index (χ0) is 30.0. The van der Waals surface area contributed by atoms with Gasteiger partial charge in [-0.15, -0.1) is 0 Å². The molecule has 2 amide bonds. The van der Waals surface area contributed by atoms with Crippen molar-refractivity contribution in [1.82, 2.24) is 9.88 Å². The van der Waals surface area contributed by atoms with Crippen LogP contribution in [-0.4, -0.2) is 52.0 Å². The molecule has 9 nitrogen and oxygen atoms in total. The maximum atomic E-state index is 14.3. The molecule has 2 aliphatic rings. The molecule has 3 aromatic rings. The van der Waals surface area contributed by atoms with Gasteiger partial charge in [-0.05, 0) is 112 Å². The number of fused-ring (bicyclic) bond motifs is 1. The van der Waals surface area contributed by atoms with Gasteiger partial charge in [0, 0.05) is 28.9 Å². The summed E-state index contributed by atoms with van der Waals surface area (Å²) in [5.41, 5.74) is 9.24. The molecule has 2 heterocycles. The quantitative estimate of drug-likeness (QED) is 0.361. The van der Waals surface area contributed by atoms with E-state index in [1.165, 1.54) is 12.1 Å². The number of carbonyl (C=O) groups is 3. The highest BCUT2D eigenvalue weighted by Crippen LogP contribution is 2.46. The fourth-order valence-corrected chi connectivity index (χ4v) is 6.51. The molecular formula is C33H38N4O5. The molecule has 1 saturated carbocycles. The normalized spacial score (nSPS) is 21.2. The second-order valence-corrected chi connectivity index (χ2v) is 11.9. The lowest BCUT2D eigenvalue weighted by molar-refractivity contribution is -0.151. The molecule has 4 N–H and O–H groups in total. The predicted octanol–water partition coefficient (Wildman–Crippen LogP) is 5.06. The molecule has 1 atom stereocenters. The molecule has 0 bridgehead atoms. The number of nitrogens with one attached hydrogen (secondary N) is 1. The van der Waals surface area contributed by atoms with Crippen LogP contribution >= 0.6 is 0 Å². The Hall–Kier alpha value is -4.24. The summed E-state index contributed by atoms with van der Waals surface area (Å²) in [6.07, 6.45) is 5.51. The molecule has 0 radical (unpaired) electrons. The van der Waals surface area contributed by atoms with Gasteiger partial charge in [0.25, 0.3) is 5.91 Å². The van der Waals surface area contributed by atoms with Gasteiger partial charge in [0.05, 0.1) is 12.7 Å². The van der Waals surface area contributed by atoms with Gasteiger partial charge in [0.2, 0.25) is 11.8 Å². The third-order valence-corrected chi connectivity index (χ3v) is 8.70. The van der Waals surface area contributed by atoms with E-state index < -0.39 is 17.6 Å². The number of methoxy groups -OCH3 is 1. The number of carbonyl (C=O) groups excluding carboxylic acids is 2. The lowest BCUT2D eigenvalue weighted by atomic mass is 9.75. The molecule has 1 aliphatic heterocycles. The van der Waals surface area contributed by atoms with Crippen molar-refractivity contribution in [2.24, 2.45) is 17.6 Å². The summed E-state index contributed by atoms with van der Waals surface area (Å²) >= 11 is 0. The van der Waals surface area contributed by atoms with Crippen LogP contribution in [0, 0.1) is 11.8 Å². The van der Waals surface area contributed by atoms with Crippen LogP contribution in [0.3, 0.4) is 0 Å². The van der Waals surface area contributed by atoms with Crippen LogP contribution in [0.5, 0.6) is 5.88 Å². The second-order valence-electron chi connectivity index (χ2n) is 11.9. The number of hydrogen-bond acceptors (Lipinski definition) is 6. The zero-order valence-electron chi connectivity index (χ0n) is 24.3. The summed E-state index contributed by atoms with van der Waals surface area (Å²) < 4.78 is 5.57. The van der Waals surface area contributed by atoms with Gasteiger partial charge >= 0.3 is 5.97 Å². The number of amides is 2. The summed E-state index contributed by atoms with van der Waals surface area (Å²) in [6, 6.07) is 14.7. The van der Waals surface area contributed by atoms with Gasteiger partial charge in [-0.3, -0.25) is 9.59 Å². The van der Waals surface area contributed by atoms with E-state index in [1.807, 2.05) is 44.2 Å². The van der Waals surface area contributed by atoms with E-state index in [0.717, 1.165) is 47.9 Å². The molecule has 220 valence electrons. The van der Waals surface area contributed by atoms with Crippen LogP contribution in [0.4, 0.5) is 5.69 Å². The molecule has 1 unspecified atom stereocenters. The molecule has 5 rings (SSSR count). The van der Waals surface area contributed by atoms with Crippen LogP contribution in [-0.2, 0) is 16.0 Å². The maximum absolute atomic E-state index is 14.3. The number of carboxylic acids is 1. The number of pyridine rings is 1. The minimum atomic E-state index is -1.05. The number of rotatable bonds is 7. The van der Waals surface area contributed by atoms with Gasteiger partial charge in [-0.1, -0.05) is 18.2 Å². The van der Waals surface area contributed by atoms with Gasteiger partial charge in [0.1, 0.15) is 6.04 Å². The van der Waals surface area contributed by atoms with Gasteiger partial charge in [-0.25, -0.2) is 9.78 Å². The van der Waals surface area contributed by atoms with Crippen molar-refractivity contribution in [1.29, 1.82) is 0 Å². The Bertz CT molecular complexity index is 1480. The van der Waals surface area contributed by atoms with E-state index in [4.69, 9.17) is 10.5 Å². The molecule has 42 heavy (non-hydrogen) atoms. The van der Waals surface area contributed by atoms with Crippen molar-refractivity contribution in [3.05, 3.63) is 77.5 Å². The van der Waals surface area contributed by atoms with Crippen molar-refractivity contribution in [3.8, 4) is 17.0 Å². The number of anilines is 1. The number of benzene rings is 2. The Morgan fingerprint density at radius 1 is 1.02 bits per heavy atom. The fraction of sp³-hybridized carbons (Fsp3) is 0.394. The largest absolute Gasteiger partial charge is 0.481 e. The Labute approximate surface area is 246 Å². The molecule has 1 aromatic heterocycles. The van der Waals surface area contributed by atoms with Crippen LogP contribution in [0.25, 0.3) is 11.1 Å². The monoisotopic (exact) mass is 570 g/mol. The first-order chi connectivity index (χ1) is 20.1. The summed E-state index contributed by atoms with van der Waals surface area (Å²) in [5.74, 6) is -0.693. The molecular weight excluding hydrogens is 532 g/mol. The van der Waals surface area contributed by atoms with Gasteiger partial charge in [0.15, 0.2) is 0 Å². The highest BCUT2D eigenvalue weighted by Gasteiger charge is 2.48. The number of nitrogens with two attached hydrogens (primary N) is 1. The van der Waals surface area contributed by atoms with Gasteiger partial charge in [-0.2, -0.15) is 0 Å². The first kappa shape index (κ1) is 29.3. The van der Waals surface area contributed by atoms with E-state index in [0.29, 0.717) is 30.5 Å². The maximum Gasteiger partial charge on any atom is 0.335 e. The molecule has 9 heteroatoms. The van der Waals surface area contributed by atoms with E-state index in [-0.39, 0.29) is 23.3 Å². The minimum absolute atomic E-state index is 0.0214. The number of aromatic nitrogens is 1. The highest BCUT2D eigenvalue weighted by atomic mass is 16.5. The number of nitrogens with zero attached hydrogens (tertiary/aromatic N) is 2. The first-order valence-electron chi connectivity index (χ1n) is 14.4. The van der Waals surface area contributed by atoms with E-state index in [1.54, 1.807) is 30.3 Å². The lowest BCUT2D eigenvalue weighted by Crippen LogP contribution is -2.58. The van der Waals surface area contributed by atoms with E-state index in [9.17, 15) is 19.5 Å². The SMILES string of the molecule is COc1ncccc1-c1cccc2c1CC(C)(C)N(C(=O)C1CCC(CN)CC1)C2C(=O)Nc1ccc(C(=O)O)cc1. The van der Waals surface area contributed by atoms with Crippen LogP contribution in [0.15, 0.2) is 60.8 Å². The second kappa shape index (κ2) is 11.9. The third kappa shape index (κ3) is 5.61. The zero-order valence-corrected chi connectivity index (χ0v) is 24.3. The van der Waals surface area contributed by atoms with Crippen molar-refractivity contribution in [3.63, 3.8) is 0 Å². The van der Waals surface area contributed by atoms with Crippen molar-refractivity contribution >= 4 is 23.5 Å². The lowest BCUT2D eigenvalue weighted by Gasteiger charge is -2.50. The minimum Gasteiger partial charge on any atom is -0.481 e. The summed E-state index contributed by atoms with van der Waals surface area (Å²) in [6.45, 7) is 4.65. The van der Waals surface area contributed by atoms with E-state index in [2.05, 4.69) is 10.3 Å². The van der Waals surface area contributed by atoms with Crippen molar-refractivity contribution in [2.45, 2.75) is 57.5 Å². The number of aromatic carboxylic acids is 1. The molecule has 2 aromatic carbocycles. The summed E-state index contributed by atoms with van der Waals surface area (Å²) in [5, 5.41) is 12.2. The number of ether oxygens (including phenoxy) is 1.